The lowest BCUT2D eigenvalue weighted by Crippen LogP contribution is -2.30. The molecule has 0 bridgehead atoms. The molecule has 1 heterocycles. The molecule has 0 aromatic carbocycles. The number of aromatic nitrogens is 1. The zero-order chi connectivity index (χ0) is 18.4. The van der Waals surface area contributed by atoms with Crippen LogP contribution < -0.4 is 5.46 Å². The Kier molecular flexibility index (Phi) is 1.41. The Morgan fingerprint density at radius 1 is 1.79 bits per heavy atom. The first-order chi connectivity index (χ1) is 10.1. The molecule has 5 heteroatoms. The zero-order valence-electron chi connectivity index (χ0n) is 16.0. The van der Waals surface area contributed by atoms with Crippen LogP contribution in [-0.4, -0.2) is 22.2 Å². The van der Waals surface area contributed by atoms with Crippen LogP contribution in [-0.2, 0) is 0 Å². The highest BCUT2D eigenvalue weighted by Crippen LogP contribution is 2.17. The van der Waals surface area contributed by atoms with E-state index >= 15 is 0 Å². The van der Waals surface area contributed by atoms with E-state index in [0.29, 0.717) is 0 Å². The molecule has 0 aliphatic carbocycles. The van der Waals surface area contributed by atoms with Gasteiger partial charge in [-0.25, -0.2) is 4.98 Å². The second-order valence-electron chi connectivity index (χ2n) is 2.48. The van der Waals surface area contributed by atoms with Crippen molar-refractivity contribution in [3.63, 3.8) is 0 Å². The fourth-order valence-electron chi connectivity index (χ4n) is 0.858. The summed E-state index contributed by atoms with van der Waals surface area (Å²) in [6, 6.07) is 1.71. The molecule has 0 aliphatic heterocycles. The van der Waals surface area contributed by atoms with Gasteiger partial charge in [0.05, 0.1) is 0 Å². The van der Waals surface area contributed by atoms with Gasteiger partial charge in [-0.15, -0.1) is 0 Å². The minimum Gasteiger partial charge on any atom is -0.423 e. The highest BCUT2D eigenvalue weighted by atomic mass is 35.5. The third kappa shape index (κ3) is 2.70. The Bertz CT molecular complexity index is 591. The normalized spacial score (nSPS) is 27.2. The molecule has 0 radical (unpaired) electrons. The van der Waals surface area contributed by atoms with Crippen molar-refractivity contribution < 1.29 is 22.4 Å². The van der Waals surface area contributed by atoms with Gasteiger partial charge in [-0.05, 0) is 29.9 Å². The molecule has 0 amide bonds. The lowest BCUT2D eigenvalue weighted by molar-refractivity contribution is 0.425. The molecule has 1 aromatic rings. The lowest BCUT2D eigenvalue weighted by atomic mass is 9.80. The summed E-state index contributed by atoms with van der Waals surface area (Å²) in [5.74, 6) is -3.32. The van der Waals surface area contributed by atoms with E-state index in [9.17, 15) is 0 Å². The maximum Gasteiger partial charge on any atom is 0.488 e. The van der Waals surface area contributed by atoms with Gasteiger partial charge < -0.3 is 10.0 Å². The van der Waals surface area contributed by atoms with E-state index in [1.54, 1.807) is 0 Å². The molecule has 14 heavy (non-hydrogen) atoms. The molecule has 2 N–H and O–H groups in total. The number of nitrogens with zero attached hydrogens (tertiary/aromatic N) is 1. The molecular formula is C9H13BClNO2. The number of halogens is 1. The Morgan fingerprint density at radius 3 is 3.14 bits per heavy atom. The first-order valence-corrected chi connectivity index (χ1v) is 3.97. The minimum atomic E-state index is -3.53. The monoisotopic (exact) mass is 222 g/mol. The molecule has 76 valence electrons. The fourth-order valence-corrected chi connectivity index (χ4v) is 1.07. The first-order valence-electron chi connectivity index (χ1n) is 8.10. The average Bonchev–Trinajstić information content (AvgIpc) is 2.33. The number of hydrogen-bond donors (Lipinski definition) is 2. The summed E-state index contributed by atoms with van der Waals surface area (Å²) in [5, 5.41) is 17.9. The maximum absolute atomic E-state index is 9.17. The Labute approximate surface area is 102 Å². The van der Waals surface area contributed by atoms with Crippen molar-refractivity contribution >= 4 is 24.2 Å². The van der Waals surface area contributed by atoms with Gasteiger partial charge in [-0.2, -0.15) is 0 Å². The summed E-state index contributed by atoms with van der Waals surface area (Å²) in [4.78, 5) is 3.54. The number of rotatable bonds is 3. The Morgan fingerprint density at radius 2 is 2.57 bits per heavy atom. The van der Waals surface area contributed by atoms with Crippen molar-refractivity contribution in [3.8, 4) is 0 Å². The Balaban J connectivity index is 3.76. The van der Waals surface area contributed by atoms with Crippen LogP contribution in [0, 0.1) is 0 Å². The van der Waals surface area contributed by atoms with E-state index in [1.807, 2.05) is 0 Å². The molecule has 0 aliphatic rings. The second-order valence-corrected chi connectivity index (χ2v) is 2.87. The van der Waals surface area contributed by atoms with E-state index in [4.69, 9.17) is 34.0 Å². The predicted octanol–water partition coefficient (Wildman–Crippen LogP) is 0.928. The van der Waals surface area contributed by atoms with Gasteiger partial charge in [0.1, 0.15) is 5.15 Å². The van der Waals surface area contributed by atoms with Crippen molar-refractivity contribution in [3.05, 3.63) is 23.0 Å². The van der Waals surface area contributed by atoms with Crippen LogP contribution in [0.4, 0.5) is 0 Å². The van der Waals surface area contributed by atoms with E-state index in [1.165, 1.54) is 0 Å². The molecule has 1 rings (SSSR count). The van der Waals surface area contributed by atoms with Crippen LogP contribution in [0.2, 0.25) is 5.15 Å². The zero-order valence-corrected chi connectivity index (χ0v) is 7.71. The van der Waals surface area contributed by atoms with E-state index in [-0.39, 0.29) is 5.46 Å². The lowest BCUT2D eigenvalue weighted by Gasteiger charge is -2.10. The SMILES string of the molecule is [2H]C([2H])([2H])C([2H])([2H])C([2H])(c1cc(B(O)O)cc(Cl)n1)C([2H])([2H])[2H]. The van der Waals surface area contributed by atoms with Gasteiger partial charge in [-0.3, -0.25) is 0 Å². The fraction of sp³-hybridized carbons (Fsp3) is 0.444. The van der Waals surface area contributed by atoms with Crippen molar-refractivity contribution in [1.29, 1.82) is 0 Å². The third-order valence-corrected chi connectivity index (χ3v) is 1.69. The topological polar surface area (TPSA) is 53.4 Å². The van der Waals surface area contributed by atoms with E-state index < -0.39 is 43.9 Å². The highest BCUT2D eigenvalue weighted by Gasteiger charge is 2.15. The van der Waals surface area contributed by atoms with Crippen molar-refractivity contribution in [2.24, 2.45) is 0 Å². The van der Waals surface area contributed by atoms with Crippen molar-refractivity contribution in [2.75, 3.05) is 0 Å². The molecule has 0 spiro atoms. The molecule has 3 nitrogen and oxygen atoms in total. The highest BCUT2D eigenvalue weighted by molar-refractivity contribution is 6.59. The van der Waals surface area contributed by atoms with Gasteiger partial charge >= 0.3 is 7.12 Å². The first kappa shape index (κ1) is 4.12. The van der Waals surface area contributed by atoms with Gasteiger partial charge in [-0.1, -0.05) is 25.3 Å². The minimum absolute atomic E-state index is 0.345. The number of pyridine rings is 1. The molecule has 0 saturated carbocycles. The van der Waals surface area contributed by atoms with Crippen molar-refractivity contribution in [2.45, 2.75) is 26.0 Å². The number of hydrogen-bond acceptors (Lipinski definition) is 3. The molecule has 0 saturated heterocycles. The summed E-state index contributed by atoms with van der Waals surface area (Å²) >= 11 is 5.65. The van der Waals surface area contributed by atoms with E-state index in [0.717, 1.165) is 12.1 Å². The summed E-state index contributed by atoms with van der Waals surface area (Å²) in [6.07, 6.45) is -3.53. The molecular weight excluding hydrogens is 200 g/mol. The quantitative estimate of drug-likeness (QED) is 0.591. The summed E-state index contributed by atoms with van der Waals surface area (Å²) in [7, 11) is -2.09. The van der Waals surface area contributed by atoms with Crippen LogP contribution in [0.3, 0.4) is 0 Å². The van der Waals surface area contributed by atoms with Gasteiger partial charge in [0.25, 0.3) is 0 Å². The summed E-state index contributed by atoms with van der Waals surface area (Å²) < 4.78 is 67.7. The summed E-state index contributed by atoms with van der Waals surface area (Å²) in [5.41, 5.74) is -1.18. The maximum atomic E-state index is 9.17. The van der Waals surface area contributed by atoms with Crippen LogP contribution in [0.1, 0.15) is 44.0 Å². The largest absolute Gasteiger partial charge is 0.488 e. The standard InChI is InChI=1S/C9H13BClNO2/c1-3-6(2)8-4-7(10(13)14)5-9(11)12-8/h4-6,13-14H,3H2,1-2H3/i1D3,2D3,3D2,6D. The second kappa shape index (κ2) is 4.78. The Hall–Kier alpha value is -0.575. The molecule has 1 unspecified atom stereocenters. The van der Waals surface area contributed by atoms with Crippen LogP contribution in [0.15, 0.2) is 12.1 Å². The van der Waals surface area contributed by atoms with Crippen molar-refractivity contribution in [1.82, 2.24) is 4.98 Å². The van der Waals surface area contributed by atoms with Gasteiger partial charge in [0.15, 0.2) is 0 Å². The smallest absolute Gasteiger partial charge is 0.423 e. The van der Waals surface area contributed by atoms with Crippen LogP contribution in [0.25, 0.3) is 0 Å². The van der Waals surface area contributed by atoms with Gasteiger partial charge in [0, 0.05) is 18.0 Å². The summed E-state index contributed by atoms with van der Waals surface area (Å²) in [6.45, 7) is -6.88. The van der Waals surface area contributed by atoms with Crippen LogP contribution in [0.5, 0.6) is 0 Å². The average molecular weight is 223 g/mol. The molecule has 1 atom stereocenters. The third-order valence-electron chi connectivity index (χ3n) is 1.50. The molecule has 0 fully saturated rings. The molecule has 1 aromatic heterocycles. The van der Waals surface area contributed by atoms with Crippen LogP contribution >= 0.6 is 11.6 Å². The predicted molar refractivity (Wildman–Crippen MR) is 57.8 cm³/mol. The van der Waals surface area contributed by atoms with E-state index in [2.05, 4.69) is 4.98 Å². The van der Waals surface area contributed by atoms with Gasteiger partial charge in [0.2, 0.25) is 0 Å².